The molecule has 0 aromatic heterocycles. The molecule has 21 heavy (non-hydrogen) atoms. The molecule has 0 fully saturated rings. The topological polar surface area (TPSA) is 144 Å². The van der Waals surface area contributed by atoms with Gasteiger partial charge < -0.3 is 20.4 Å². The Bertz CT molecular complexity index is 650. The number of aliphatic hydroxyl groups is 2. The van der Waals surface area contributed by atoms with Crippen LogP contribution >= 0.6 is 0 Å². The van der Waals surface area contributed by atoms with E-state index in [0.29, 0.717) is 0 Å². The molecule has 0 saturated heterocycles. The van der Waals surface area contributed by atoms with Crippen molar-refractivity contribution in [1.29, 1.82) is 0 Å². The Morgan fingerprint density at radius 1 is 1.29 bits per heavy atom. The molecule has 0 spiro atoms. The van der Waals surface area contributed by atoms with Gasteiger partial charge in [-0.05, 0) is 31.5 Å². The van der Waals surface area contributed by atoms with Gasteiger partial charge in [-0.2, -0.15) is 0 Å². The third kappa shape index (κ3) is 3.70. The van der Waals surface area contributed by atoms with Crippen molar-refractivity contribution in [1.82, 2.24) is 4.72 Å². The summed E-state index contributed by atoms with van der Waals surface area (Å²) < 4.78 is 26.6. The molecule has 9 heteroatoms. The van der Waals surface area contributed by atoms with E-state index in [0.717, 1.165) is 12.1 Å². The highest BCUT2D eigenvalue weighted by Crippen LogP contribution is 2.26. The summed E-state index contributed by atoms with van der Waals surface area (Å²) in [5.41, 5.74) is -1.93. The quantitative estimate of drug-likeness (QED) is 0.472. The average molecular weight is 319 g/mol. The molecule has 0 heterocycles. The number of carbonyl (C=O) groups is 1. The summed E-state index contributed by atoms with van der Waals surface area (Å²) in [5.74, 6) is -2.03. The minimum atomic E-state index is -4.19. The molecule has 1 aromatic carbocycles. The van der Waals surface area contributed by atoms with Crippen LogP contribution in [0.2, 0.25) is 0 Å². The van der Waals surface area contributed by atoms with Crippen LogP contribution in [0.4, 0.5) is 0 Å². The van der Waals surface area contributed by atoms with Crippen LogP contribution in [0.5, 0.6) is 5.75 Å². The second-order valence-electron chi connectivity index (χ2n) is 4.92. The highest BCUT2D eigenvalue weighted by Gasteiger charge is 2.31. The zero-order chi connectivity index (χ0) is 16.4. The molecule has 0 saturated carbocycles. The molecular weight excluding hydrogens is 302 g/mol. The number of aromatic carboxylic acids is 1. The predicted molar refractivity (Wildman–Crippen MR) is 72.7 cm³/mol. The standard InChI is InChI=1S/C12H17NO7S/c1-7-3-9(16)8(11(17)18)4-10(7)21(19,20)13-12(2,5-14)6-15/h3-4,13-16H,5-6H2,1-2H3,(H,17,18). The van der Waals surface area contributed by atoms with Gasteiger partial charge in [-0.25, -0.2) is 17.9 Å². The van der Waals surface area contributed by atoms with Crippen molar-refractivity contribution in [2.45, 2.75) is 24.3 Å². The lowest BCUT2D eigenvalue weighted by Gasteiger charge is -2.26. The van der Waals surface area contributed by atoms with Gasteiger partial charge in [0.2, 0.25) is 10.0 Å². The molecule has 1 aromatic rings. The Hall–Kier alpha value is -1.68. The largest absolute Gasteiger partial charge is 0.507 e. The number of aryl methyl sites for hydroxylation is 1. The minimum absolute atomic E-state index is 0.128. The Balaban J connectivity index is 3.39. The third-order valence-corrected chi connectivity index (χ3v) is 4.67. The van der Waals surface area contributed by atoms with Crippen LogP contribution in [0.15, 0.2) is 17.0 Å². The molecule has 0 amide bonds. The van der Waals surface area contributed by atoms with Crippen molar-refractivity contribution in [3.63, 3.8) is 0 Å². The van der Waals surface area contributed by atoms with Crippen molar-refractivity contribution in [2.24, 2.45) is 0 Å². The van der Waals surface area contributed by atoms with Crippen molar-refractivity contribution in [2.75, 3.05) is 13.2 Å². The number of aliphatic hydroxyl groups excluding tert-OH is 2. The van der Waals surface area contributed by atoms with Crippen LogP contribution in [0.3, 0.4) is 0 Å². The Kier molecular flexibility index (Phi) is 4.95. The predicted octanol–water partition coefficient (Wildman–Crippen LogP) is -0.580. The summed E-state index contributed by atoms with van der Waals surface area (Å²) in [6.07, 6.45) is 0. The summed E-state index contributed by atoms with van der Waals surface area (Å²) in [5, 5.41) is 36.7. The Morgan fingerprint density at radius 2 is 1.81 bits per heavy atom. The number of phenols is 1. The van der Waals surface area contributed by atoms with E-state index in [1.54, 1.807) is 0 Å². The second-order valence-corrected chi connectivity index (χ2v) is 6.57. The number of hydrogen-bond acceptors (Lipinski definition) is 6. The van der Waals surface area contributed by atoms with Crippen LogP contribution < -0.4 is 4.72 Å². The van der Waals surface area contributed by atoms with Crippen molar-refractivity contribution in [3.8, 4) is 5.75 Å². The lowest BCUT2D eigenvalue weighted by molar-refractivity contribution is 0.0693. The van der Waals surface area contributed by atoms with Gasteiger partial charge in [0.1, 0.15) is 11.3 Å². The first-order valence-electron chi connectivity index (χ1n) is 5.89. The van der Waals surface area contributed by atoms with Gasteiger partial charge in [0.15, 0.2) is 0 Å². The first-order chi connectivity index (χ1) is 9.56. The van der Waals surface area contributed by atoms with Crippen LogP contribution in [-0.2, 0) is 10.0 Å². The second kappa shape index (κ2) is 5.98. The molecule has 0 unspecified atom stereocenters. The highest BCUT2D eigenvalue weighted by atomic mass is 32.2. The maximum Gasteiger partial charge on any atom is 0.339 e. The van der Waals surface area contributed by atoms with Crippen LogP contribution in [0.1, 0.15) is 22.8 Å². The molecule has 0 atom stereocenters. The maximum absolute atomic E-state index is 12.3. The molecule has 0 radical (unpaired) electrons. The average Bonchev–Trinajstić information content (AvgIpc) is 2.37. The van der Waals surface area contributed by atoms with Gasteiger partial charge in [0, 0.05) is 0 Å². The summed E-state index contributed by atoms with van der Waals surface area (Å²) >= 11 is 0. The lowest BCUT2D eigenvalue weighted by Crippen LogP contribution is -2.51. The lowest BCUT2D eigenvalue weighted by atomic mass is 10.1. The first kappa shape index (κ1) is 17.4. The van der Waals surface area contributed by atoms with E-state index in [9.17, 15) is 18.3 Å². The Labute approximate surface area is 121 Å². The van der Waals surface area contributed by atoms with Crippen molar-refractivity contribution < 1.29 is 33.6 Å². The number of nitrogens with one attached hydrogen (secondary N) is 1. The summed E-state index contributed by atoms with van der Waals surface area (Å²) in [7, 11) is -4.19. The van der Waals surface area contributed by atoms with E-state index in [1.807, 2.05) is 0 Å². The Morgan fingerprint density at radius 3 is 2.24 bits per heavy atom. The molecule has 0 bridgehead atoms. The van der Waals surface area contributed by atoms with E-state index >= 15 is 0 Å². The van der Waals surface area contributed by atoms with Crippen molar-refractivity contribution in [3.05, 3.63) is 23.3 Å². The molecule has 1 rings (SSSR count). The summed E-state index contributed by atoms with van der Waals surface area (Å²) in [6.45, 7) is 1.38. The van der Waals surface area contributed by atoms with E-state index in [4.69, 9.17) is 15.3 Å². The molecule has 5 N–H and O–H groups in total. The number of aromatic hydroxyl groups is 1. The van der Waals surface area contributed by atoms with Gasteiger partial charge >= 0.3 is 5.97 Å². The van der Waals surface area contributed by atoms with Crippen LogP contribution in [-0.4, -0.2) is 53.6 Å². The van der Waals surface area contributed by atoms with E-state index in [2.05, 4.69) is 4.72 Å². The number of sulfonamides is 1. The number of carboxylic acids is 1. The summed E-state index contributed by atoms with van der Waals surface area (Å²) in [4.78, 5) is 10.6. The van der Waals surface area contributed by atoms with E-state index in [-0.39, 0.29) is 10.5 Å². The number of carboxylic acid groups (broad SMARTS) is 1. The monoisotopic (exact) mass is 319 g/mol. The molecule has 0 aliphatic rings. The van der Waals surface area contributed by atoms with Crippen molar-refractivity contribution >= 4 is 16.0 Å². The molecule has 118 valence electrons. The fourth-order valence-electron chi connectivity index (χ4n) is 1.63. The van der Waals surface area contributed by atoms with E-state index < -0.39 is 46.1 Å². The fraction of sp³-hybridized carbons (Fsp3) is 0.417. The maximum atomic E-state index is 12.3. The van der Waals surface area contributed by atoms with Gasteiger partial charge in [0.25, 0.3) is 0 Å². The van der Waals surface area contributed by atoms with Gasteiger partial charge in [-0.1, -0.05) is 0 Å². The first-order valence-corrected chi connectivity index (χ1v) is 7.37. The number of benzene rings is 1. The van der Waals surface area contributed by atoms with E-state index in [1.165, 1.54) is 13.8 Å². The molecule has 0 aliphatic heterocycles. The van der Waals surface area contributed by atoms with Crippen LogP contribution in [0, 0.1) is 6.92 Å². The third-order valence-electron chi connectivity index (χ3n) is 2.89. The zero-order valence-corrected chi connectivity index (χ0v) is 12.3. The smallest absolute Gasteiger partial charge is 0.339 e. The number of hydrogen-bond donors (Lipinski definition) is 5. The SMILES string of the molecule is Cc1cc(O)c(C(=O)O)cc1S(=O)(=O)NC(C)(CO)CO. The summed E-state index contributed by atoms with van der Waals surface area (Å²) in [6, 6.07) is 1.84. The normalized spacial score (nSPS) is 12.4. The molecular formula is C12H17NO7S. The van der Waals surface area contributed by atoms with Crippen LogP contribution in [0.25, 0.3) is 0 Å². The van der Waals surface area contributed by atoms with Gasteiger partial charge in [0.05, 0.1) is 23.6 Å². The molecule has 8 nitrogen and oxygen atoms in total. The van der Waals surface area contributed by atoms with Gasteiger partial charge in [-0.15, -0.1) is 0 Å². The zero-order valence-electron chi connectivity index (χ0n) is 11.5. The molecule has 0 aliphatic carbocycles. The minimum Gasteiger partial charge on any atom is -0.507 e. The van der Waals surface area contributed by atoms with Gasteiger partial charge in [-0.3, -0.25) is 0 Å². The number of rotatable bonds is 6. The fourth-order valence-corrected chi connectivity index (χ4v) is 3.27. The highest BCUT2D eigenvalue weighted by molar-refractivity contribution is 7.89.